The van der Waals surface area contributed by atoms with Crippen LogP contribution in [-0.4, -0.2) is 28.6 Å². The van der Waals surface area contributed by atoms with Crippen LogP contribution in [0.4, 0.5) is 0 Å². The molecule has 0 heterocycles. The maximum absolute atomic E-state index is 12.2. The summed E-state index contributed by atoms with van der Waals surface area (Å²) in [6.07, 6.45) is 0.752. The molecule has 0 fully saturated rings. The van der Waals surface area contributed by atoms with Gasteiger partial charge in [-0.15, -0.1) is 0 Å². The highest BCUT2D eigenvalue weighted by molar-refractivity contribution is 6.03. The monoisotopic (exact) mass is 305 g/mol. The normalized spacial score (nSPS) is 16.2. The highest BCUT2D eigenvalue weighted by atomic mass is 16.6. The van der Waals surface area contributed by atoms with Crippen LogP contribution in [0.5, 0.6) is 0 Å². The SMILES string of the molecule is CCC(C)C(=NC(O)(CC)C(=O)OC(C)C)c1ccccc1. The molecule has 0 amide bonds. The Kier molecular flexibility index (Phi) is 6.75. The smallest absolute Gasteiger partial charge is 0.361 e. The fourth-order valence-electron chi connectivity index (χ4n) is 2.04. The van der Waals surface area contributed by atoms with Gasteiger partial charge in [-0.25, -0.2) is 9.79 Å². The third-order valence-corrected chi connectivity index (χ3v) is 3.62. The predicted molar refractivity (Wildman–Crippen MR) is 88.9 cm³/mol. The zero-order chi connectivity index (χ0) is 16.8. The van der Waals surface area contributed by atoms with Crippen molar-refractivity contribution in [3.63, 3.8) is 0 Å². The Morgan fingerprint density at radius 3 is 2.27 bits per heavy atom. The number of rotatable bonds is 7. The van der Waals surface area contributed by atoms with Gasteiger partial charge in [-0.3, -0.25) is 0 Å². The molecular weight excluding hydrogens is 278 g/mol. The van der Waals surface area contributed by atoms with E-state index in [0.717, 1.165) is 17.7 Å². The second-order valence-corrected chi connectivity index (χ2v) is 5.80. The molecular formula is C18H27NO3. The third-order valence-electron chi connectivity index (χ3n) is 3.62. The van der Waals surface area contributed by atoms with E-state index in [0.29, 0.717) is 0 Å². The molecule has 0 bridgehead atoms. The lowest BCUT2D eigenvalue weighted by molar-refractivity contribution is -0.169. The largest absolute Gasteiger partial charge is 0.459 e. The van der Waals surface area contributed by atoms with E-state index < -0.39 is 11.7 Å². The van der Waals surface area contributed by atoms with E-state index in [9.17, 15) is 9.90 Å². The standard InChI is InChI=1S/C18H27NO3/c1-6-14(5)16(15-11-9-8-10-12-15)19-18(21,7-2)17(20)22-13(3)4/h8-14,21H,6-7H2,1-5H3. The van der Waals surface area contributed by atoms with Crippen LogP contribution in [-0.2, 0) is 9.53 Å². The molecule has 0 saturated carbocycles. The number of hydrogen-bond acceptors (Lipinski definition) is 4. The van der Waals surface area contributed by atoms with Crippen molar-refractivity contribution in [1.29, 1.82) is 0 Å². The molecule has 2 atom stereocenters. The minimum atomic E-state index is -1.83. The summed E-state index contributed by atoms with van der Waals surface area (Å²) < 4.78 is 5.16. The van der Waals surface area contributed by atoms with E-state index in [4.69, 9.17) is 4.74 Å². The van der Waals surface area contributed by atoms with Crippen LogP contribution in [0.1, 0.15) is 53.0 Å². The number of ether oxygens (including phenoxy) is 1. The molecule has 1 aromatic carbocycles. The van der Waals surface area contributed by atoms with Crippen molar-refractivity contribution in [2.75, 3.05) is 0 Å². The molecule has 22 heavy (non-hydrogen) atoms. The highest BCUT2D eigenvalue weighted by Gasteiger charge is 2.37. The van der Waals surface area contributed by atoms with Gasteiger partial charge in [-0.2, -0.15) is 0 Å². The lowest BCUT2D eigenvalue weighted by atomic mass is 9.95. The van der Waals surface area contributed by atoms with Crippen molar-refractivity contribution in [2.45, 2.75) is 59.3 Å². The average molecular weight is 305 g/mol. The number of esters is 1. The van der Waals surface area contributed by atoms with Gasteiger partial charge in [-0.1, -0.05) is 51.1 Å². The summed E-state index contributed by atoms with van der Waals surface area (Å²) in [6, 6.07) is 9.65. The summed E-state index contributed by atoms with van der Waals surface area (Å²) in [5.74, 6) is -0.561. The van der Waals surface area contributed by atoms with E-state index >= 15 is 0 Å². The first kappa shape index (κ1) is 18.4. The highest BCUT2D eigenvalue weighted by Crippen LogP contribution is 2.21. The van der Waals surface area contributed by atoms with Gasteiger partial charge >= 0.3 is 5.97 Å². The fraction of sp³-hybridized carbons (Fsp3) is 0.556. The number of benzene rings is 1. The number of nitrogens with zero attached hydrogens (tertiary/aromatic N) is 1. The lowest BCUT2D eigenvalue weighted by Gasteiger charge is -2.25. The van der Waals surface area contributed by atoms with Crippen molar-refractivity contribution in [3.8, 4) is 0 Å². The van der Waals surface area contributed by atoms with E-state index in [1.165, 1.54) is 0 Å². The number of hydrogen-bond donors (Lipinski definition) is 1. The summed E-state index contributed by atoms with van der Waals surface area (Å²) in [4.78, 5) is 16.6. The van der Waals surface area contributed by atoms with E-state index in [1.54, 1.807) is 20.8 Å². The van der Waals surface area contributed by atoms with Crippen molar-refractivity contribution in [3.05, 3.63) is 35.9 Å². The molecule has 4 nitrogen and oxygen atoms in total. The number of aliphatic imine (C=N–C) groups is 1. The fourth-order valence-corrected chi connectivity index (χ4v) is 2.04. The van der Waals surface area contributed by atoms with Gasteiger partial charge < -0.3 is 9.84 Å². The van der Waals surface area contributed by atoms with Crippen LogP contribution in [0.3, 0.4) is 0 Å². The molecule has 4 heteroatoms. The first-order chi connectivity index (χ1) is 10.3. The van der Waals surface area contributed by atoms with Gasteiger partial charge in [0.25, 0.3) is 5.72 Å². The average Bonchev–Trinajstić information content (AvgIpc) is 2.51. The minimum absolute atomic E-state index is 0.132. The van der Waals surface area contributed by atoms with Gasteiger partial charge in [0.15, 0.2) is 0 Å². The first-order valence-corrected chi connectivity index (χ1v) is 7.92. The van der Waals surface area contributed by atoms with E-state index in [2.05, 4.69) is 11.9 Å². The molecule has 0 radical (unpaired) electrons. The van der Waals surface area contributed by atoms with Gasteiger partial charge in [0.05, 0.1) is 6.10 Å². The first-order valence-electron chi connectivity index (χ1n) is 7.92. The lowest BCUT2D eigenvalue weighted by Crippen LogP contribution is -2.40. The van der Waals surface area contributed by atoms with Crippen LogP contribution < -0.4 is 0 Å². The Hall–Kier alpha value is -1.68. The molecule has 0 saturated heterocycles. The van der Waals surface area contributed by atoms with Crippen molar-refractivity contribution < 1.29 is 14.6 Å². The second-order valence-electron chi connectivity index (χ2n) is 5.80. The van der Waals surface area contributed by atoms with E-state index in [-0.39, 0.29) is 18.4 Å². The van der Waals surface area contributed by atoms with Crippen molar-refractivity contribution in [2.24, 2.45) is 10.9 Å². The van der Waals surface area contributed by atoms with Crippen molar-refractivity contribution >= 4 is 11.7 Å². The molecule has 1 N–H and O–H groups in total. The maximum Gasteiger partial charge on any atom is 0.361 e. The Labute approximate surface area is 133 Å². The van der Waals surface area contributed by atoms with Crippen LogP contribution in [0, 0.1) is 5.92 Å². The topological polar surface area (TPSA) is 58.9 Å². The number of aliphatic hydroxyl groups is 1. The quantitative estimate of drug-likeness (QED) is 0.619. The molecule has 1 aromatic rings. The molecule has 0 aliphatic carbocycles. The maximum atomic E-state index is 12.2. The summed E-state index contributed by atoms with van der Waals surface area (Å²) in [7, 11) is 0. The molecule has 122 valence electrons. The molecule has 2 unspecified atom stereocenters. The third kappa shape index (κ3) is 4.67. The Morgan fingerprint density at radius 1 is 1.23 bits per heavy atom. The number of carbonyl (C=O) groups is 1. The van der Waals surface area contributed by atoms with Gasteiger partial charge in [0.2, 0.25) is 0 Å². The Balaban J connectivity index is 3.26. The molecule has 0 spiro atoms. The van der Waals surface area contributed by atoms with Crippen LogP contribution in [0.25, 0.3) is 0 Å². The summed E-state index contributed by atoms with van der Waals surface area (Å²) in [5.41, 5.74) is -0.187. The molecule has 0 aliphatic rings. The van der Waals surface area contributed by atoms with E-state index in [1.807, 2.05) is 37.3 Å². The van der Waals surface area contributed by atoms with Crippen LogP contribution in [0.15, 0.2) is 35.3 Å². The molecule has 1 rings (SSSR count). The van der Waals surface area contributed by atoms with Crippen molar-refractivity contribution in [1.82, 2.24) is 0 Å². The van der Waals surface area contributed by atoms with Gasteiger partial charge in [-0.05, 0) is 31.7 Å². The zero-order valence-corrected chi connectivity index (χ0v) is 14.2. The summed E-state index contributed by atoms with van der Waals surface area (Å²) in [6.45, 7) is 9.33. The molecule has 0 aromatic heterocycles. The van der Waals surface area contributed by atoms with Crippen LogP contribution >= 0.6 is 0 Å². The summed E-state index contributed by atoms with van der Waals surface area (Å²) >= 11 is 0. The van der Waals surface area contributed by atoms with Gasteiger partial charge in [0, 0.05) is 12.1 Å². The minimum Gasteiger partial charge on any atom is -0.459 e. The van der Waals surface area contributed by atoms with Gasteiger partial charge in [0.1, 0.15) is 0 Å². The second kappa shape index (κ2) is 8.08. The molecule has 0 aliphatic heterocycles. The number of carbonyl (C=O) groups excluding carboxylic acids is 1. The van der Waals surface area contributed by atoms with Crippen LogP contribution in [0.2, 0.25) is 0 Å². The Bertz CT molecular complexity index is 510. The Morgan fingerprint density at radius 2 is 1.82 bits per heavy atom. The summed E-state index contributed by atoms with van der Waals surface area (Å²) in [5, 5.41) is 10.7. The predicted octanol–water partition coefficient (Wildman–Crippen LogP) is 3.57. The zero-order valence-electron chi connectivity index (χ0n) is 14.2.